The number of nitrogens with zero attached hydrogens (tertiary/aromatic N) is 3. The Labute approximate surface area is 250 Å². The van der Waals surface area contributed by atoms with Gasteiger partial charge in [-0.1, -0.05) is 32.1 Å². The molecule has 0 bridgehead atoms. The van der Waals surface area contributed by atoms with Crippen LogP contribution in [-0.4, -0.2) is 73.1 Å². The van der Waals surface area contributed by atoms with Crippen LogP contribution in [0.1, 0.15) is 71.9 Å². The van der Waals surface area contributed by atoms with E-state index in [0.29, 0.717) is 35.9 Å². The molecule has 43 heavy (non-hydrogen) atoms. The lowest BCUT2D eigenvalue weighted by molar-refractivity contribution is -0.148. The normalized spacial score (nSPS) is 18.0. The number of aliphatic hydroxyl groups is 1. The van der Waals surface area contributed by atoms with E-state index in [1.807, 2.05) is 0 Å². The first-order valence-corrected chi connectivity index (χ1v) is 14.3. The van der Waals surface area contributed by atoms with Gasteiger partial charge in [0.15, 0.2) is 0 Å². The minimum absolute atomic E-state index is 0.240. The fourth-order valence-electron chi connectivity index (χ4n) is 4.75. The number of hydrogen-bond acceptors (Lipinski definition) is 8. The number of carboxylic acid groups (broad SMARTS) is 1. The molecule has 0 aliphatic carbocycles. The van der Waals surface area contributed by atoms with Gasteiger partial charge in [0.25, 0.3) is 11.5 Å². The van der Waals surface area contributed by atoms with Crippen LogP contribution in [0.3, 0.4) is 0 Å². The van der Waals surface area contributed by atoms with Crippen molar-refractivity contribution in [2.24, 2.45) is 18.4 Å². The molecule has 1 aliphatic rings. The van der Waals surface area contributed by atoms with Crippen LogP contribution in [0.2, 0.25) is 0 Å². The van der Waals surface area contributed by atoms with Gasteiger partial charge in [0.2, 0.25) is 11.8 Å². The Morgan fingerprint density at radius 2 is 1.81 bits per heavy atom. The Morgan fingerprint density at radius 3 is 2.42 bits per heavy atom. The topological polar surface area (TPSA) is 183 Å². The molecule has 4 atom stereocenters. The fourth-order valence-corrected chi connectivity index (χ4v) is 4.75. The van der Waals surface area contributed by atoms with E-state index in [2.05, 4.69) is 21.0 Å². The number of aliphatic hydroxyl groups excluding tert-OH is 1. The molecule has 3 rings (SSSR count). The number of fused-ring (bicyclic) bond motifs is 1. The van der Waals surface area contributed by atoms with Crippen molar-refractivity contribution in [2.45, 2.75) is 78.6 Å². The maximum atomic E-state index is 13.3. The first-order valence-electron chi connectivity index (χ1n) is 14.3. The lowest BCUT2D eigenvalue weighted by Crippen LogP contribution is -2.61. The molecule has 0 unspecified atom stereocenters. The van der Waals surface area contributed by atoms with Crippen molar-refractivity contribution in [3.63, 3.8) is 0 Å². The molecular weight excluding hydrogens is 556 g/mol. The summed E-state index contributed by atoms with van der Waals surface area (Å²) in [7, 11) is 1.55. The van der Waals surface area contributed by atoms with Crippen LogP contribution in [0.4, 0.5) is 0 Å². The standard InChI is InChI=1S/C30H42N6O7/c1-16(2)23(25(38)31-17(3)26(39)36-14-8-9-21(34-36)28(41)42)33-29(43)30(5,6)13-12-19-10-11-20-22(15-19)32-24(18(4)37)35(7)27(20)40/h10-13,15-18,21,23,34,37H,8-9,14H2,1-7H3,(H,31,38)(H,33,43)(H,41,42)/t17-,18+,21-,23-/m0/s1. The second-order valence-corrected chi connectivity index (χ2v) is 11.9. The average molecular weight is 599 g/mol. The molecule has 1 saturated heterocycles. The van der Waals surface area contributed by atoms with Gasteiger partial charge in [0, 0.05) is 13.6 Å². The number of hydrazine groups is 1. The molecule has 13 nitrogen and oxygen atoms in total. The van der Waals surface area contributed by atoms with Crippen LogP contribution >= 0.6 is 0 Å². The number of amides is 3. The number of carbonyl (C=O) groups is 4. The summed E-state index contributed by atoms with van der Waals surface area (Å²) in [4.78, 5) is 67.8. The largest absolute Gasteiger partial charge is 0.480 e. The Morgan fingerprint density at radius 1 is 1.14 bits per heavy atom. The summed E-state index contributed by atoms with van der Waals surface area (Å²) in [6.07, 6.45) is 3.39. The maximum absolute atomic E-state index is 13.3. The van der Waals surface area contributed by atoms with Crippen molar-refractivity contribution >= 4 is 40.7 Å². The molecule has 5 N–H and O–H groups in total. The Balaban J connectivity index is 1.70. The number of hydrogen-bond donors (Lipinski definition) is 5. The van der Waals surface area contributed by atoms with Crippen molar-refractivity contribution in [3.05, 3.63) is 46.0 Å². The molecule has 0 saturated carbocycles. The summed E-state index contributed by atoms with van der Waals surface area (Å²) in [5.74, 6) is -2.53. The van der Waals surface area contributed by atoms with Crippen molar-refractivity contribution < 1.29 is 29.4 Å². The number of benzene rings is 1. The second-order valence-electron chi connectivity index (χ2n) is 11.9. The maximum Gasteiger partial charge on any atom is 0.322 e. The number of aliphatic carboxylic acids is 1. The highest BCUT2D eigenvalue weighted by molar-refractivity contribution is 5.94. The van der Waals surface area contributed by atoms with Gasteiger partial charge in [-0.25, -0.2) is 10.4 Å². The van der Waals surface area contributed by atoms with Gasteiger partial charge >= 0.3 is 5.97 Å². The number of aromatic nitrogens is 2. The third-order valence-electron chi connectivity index (χ3n) is 7.50. The van der Waals surface area contributed by atoms with Crippen LogP contribution < -0.4 is 21.6 Å². The SMILES string of the molecule is CC(C)[C@H](NC(=O)C(C)(C)C=Cc1ccc2c(=O)n(C)c([C@@H](C)O)nc2c1)C(=O)N[C@@H](C)C(=O)N1CCC[C@@H](C(=O)O)N1. The van der Waals surface area contributed by atoms with E-state index in [-0.39, 0.29) is 17.3 Å². The average Bonchev–Trinajstić information content (AvgIpc) is 2.95. The van der Waals surface area contributed by atoms with Crippen molar-refractivity contribution in [1.29, 1.82) is 0 Å². The second kappa shape index (κ2) is 13.5. The highest BCUT2D eigenvalue weighted by Crippen LogP contribution is 2.22. The molecule has 1 aromatic heterocycles. The summed E-state index contributed by atoms with van der Waals surface area (Å²) in [5, 5.41) is 26.3. The zero-order valence-corrected chi connectivity index (χ0v) is 25.7. The summed E-state index contributed by atoms with van der Waals surface area (Å²) in [6.45, 7) is 10.3. The molecule has 0 radical (unpaired) electrons. The third-order valence-corrected chi connectivity index (χ3v) is 7.50. The Bertz CT molecular complexity index is 1480. The number of rotatable bonds is 10. The lowest BCUT2D eigenvalue weighted by atomic mass is 9.89. The molecule has 2 heterocycles. The Kier molecular flexibility index (Phi) is 10.5. The molecule has 1 aromatic carbocycles. The van der Waals surface area contributed by atoms with Crippen LogP contribution in [0, 0.1) is 11.3 Å². The highest BCUT2D eigenvalue weighted by Gasteiger charge is 2.34. The summed E-state index contributed by atoms with van der Waals surface area (Å²) in [5.41, 5.74) is 2.47. The predicted molar refractivity (Wildman–Crippen MR) is 160 cm³/mol. The quantitative estimate of drug-likeness (QED) is 0.269. The molecular formula is C30H42N6O7. The van der Waals surface area contributed by atoms with E-state index >= 15 is 0 Å². The third kappa shape index (κ3) is 7.85. The van der Waals surface area contributed by atoms with Gasteiger partial charge in [-0.3, -0.25) is 33.5 Å². The van der Waals surface area contributed by atoms with Gasteiger partial charge in [-0.2, -0.15) is 0 Å². The molecule has 0 spiro atoms. The molecule has 234 valence electrons. The van der Waals surface area contributed by atoms with E-state index in [4.69, 9.17) is 0 Å². The van der Waals surface area contributed by atoms with Gasteiger partial charge in [0.1, 0.15) is 30.1 Å². The fraction of sp³-hybridized carbons (Fsp3) is 0.533. The Hall–Kier alpha value is -4.10. The molecule has 13 heteroatoms. The van der Waals surface area contributed by atoms with E-state index in [0.717, 1.165) is 0 Å². The van der Waals surface area contributed by atoms with Crippen molar-refractivity contribution in [1.82, 2.24) is 30.6 Å². The van der Waals surface area contributed by atoms with Gasteiger partial charge in [-0.15, -0.1) is 0 Å². The first kappa shape index (κ1) is 33.4. The van der Waals surface area contributed by atoms with E-state index < -0.39 is 53.3 Å². The molecule has 2 aromatic rings. The highest BCUT2D eigenvalue weighted by atomic mass is 16.4. The van der Waals surface area contributed by atoms with E-state index in [9.17, 15) is 34.2 Å². The van der Waals surface area contributed by atoms with Crippen molar-refractivity contribution in [3.8, 4) is 0 Å². The van der Waals surface area contributed by atoms with Crippen LogP contribution in [-0.2, 0) is 26.2 Å². The molecule has 1 aliphatic heterocycles. The number of carbonyl (C=O) groups excluding carboxylic acids is 3. The predicted octanol–water partition coefficient (Wildman–Crippen LogP) is 1.25. The zero-order chi connectivity index (χ0) is 32.2. The minimum atomic E-state index is -1.05. The summed E-state index contributed by atoms with van der Waals surface area (Å²) in [6, 6.07) is 2.32. The van der Waals surface area contributed by atoms with Gasteiger partial charge in [0.05, 0.1) is 16.3 Å². The van der Waals surface area contributed by atoms with Gasteiger partial charge < -0.3 is 20.8 Å². The van der Waals surface area contributed by atoms with Crippen molar-refractivity contribution in [2.75, 3.05) is 6.54 Å². The van der Waals surface area contributed by atoms with Gasteiger partial charge in [-0.05, 0) is 64.2 Å². The zero-order valence-electron chi connectivity index (χ0n) is 25.7. The number of carboxylic acids is 1. The first-order chi connectivity index (χ1) is 20.0. The lowest BCUT2D eigenvalue weighted by Gasteiger charge is -2.34. The molecule has 1 fully saturated rings. The number of nitrogens with one attached hydrogen (secondary N) is 3. The van der Waals surface area contributed by atoms with Crippen LogP contribution in [0.15, 0.2) is 29.1 Å². The smallest absolute Gasteiger partial charge is 0.322 e. The van der Waals surface area contributed by atoms with E-state index in [1.165, 1.54) is 23.4 Å². The molecule has 3 amide bonds. The summed E-state index contributed by atoms with van der Waals surface area (Å²) < 4.78 is 1.31. The monoisotopic (exact) mass is 598 g/mol. The summed E-state index contributed by atoms with van der Waals surface area (Å²) >= 11 is 0. The van der Waals surface area contributed by atoms with E-state index in [1.54, 1.807) is 65.1 Å². The minimum Gasteiger partial charge on any atom is -0.480 e. The van der Waals surface area contributed by atoms with Crippen LogP contribution in [0.5, 0.6) is 0 Å². The van der Waals surface area contributed by atoms with Crippen LogP contribution in [0.25, 0.3) is 17.0 Å².